The summed E-state index contributed by atoms with van der Waals surface area (Å²) in [5.74, 6) is 2.22. The highest BCUT2D eigenvalue weighted by atomic mass is 79.9. The first-order valence-corrected chi connectivity index (χ1v) is 6.25. The van der Waals surface area contributed by atoms with Gasteiger partial charge < -0.3 is 4.74 Å². The van der Waals surface area contributed by atoms with Crippen molar-refractivity contribution in [3.8, 4) is 0 Å². The van der Waals surface area contributed by atoms with Crippen molar-refractivity contribution in [2.24, 2.45) is 11.3 Å². The summed E-state index contributed by atoms with van der Waals surface area (Å²) in [4.78, 5) is 18.0. The fourth-order valence-corrected chi connectivity index (χ4v) is 4.40. The van der Waals surface area contributed by atoms with E-state index in [0.29, 0.717) is 5.92 Å². The Labute approximate surface area is 100.0 Å². The van der Waals surface area contributed by atoms with Crippen LogP contribution < -0.4 is 0 Å². The molecule has 0 aromatic carbocycles. The van der Waals surface area contributed by atoms with Crippen molar-refractivity contribution in [1.29, 1.82) is 0 Å². The van der Waals surface area contributed by atoms with Crippen molar-refractivity contribution in [2.75, 3.05) is 0 Å². The largest absolute Gasteiger partial charge is 0.456 e. The van der Waals surface area contributed by atoms with Crippen molar-refractivity contribution in [3.05, 3.63) is 22.1 Å². The normalized spacial score (nSPS) is 54.2. The molecule has 4 nitrogen and oxygen atoms in total. The zero-order valence-corrected chi connectivity index (χ0v) is 10.1. The summed E-state index contributed by atoms with van der Waals surface area (Å²) in [7, 11) is 0. The summed E-state index contributed by atoms with van der Waals surface area (Å²) in [6.45, 7) is 2.11. The van der Waals surface area contributed by atoms with Gasteiger partial charge in [-0.3, -0.25) is 9.63 Å². The number of ether oxygens (including phenoxy) is 1. The van der Waals surface area contributed by atoms with Crippen LogP contribution in [0.1, 0.15) is 13.3 Å². The minimum Gasteiger partial charge on any atom is -0.456 e. The minimum absolute atomic E-state index is 0.0741. The molecular formula is C11H8BrNO3. The van der Waals surface area contributed by atoms with Crippen LogP contribution >= 0.6 is 15.9 Å². The highest BCUT2D eigenvalue weighted by Crippen LogP contribution is 2.77. The van der Waals surface area contributed by atoms with E-state index in [1.54, 1.807) is 0 Å². The smallest absolute Gasteiger partial charge is 0.256 e. The second-order valence-corrected chi connectivity index (χ2v) is 6.05. The van der Waals surface area contributed by atoms with Gasteiger partial charge in [0, 0.05) is 0 Å². The van der Waals surface area contributed by atoms with Gasteiger partial charge in [-0.2, -0.15) is 0 Å². The predicted molar refractivity (Wildman–Crippen MR) is 55.8 cm³/mol. The molecule has 7 aliphatic rings. The first-order valence-electron chi connectivity index (χ1n) is 5.46. The highest BCUT2D eigenvalue weighted by Gasteiger charge is 2.90. The Morgan fingerprint density at radius 1 is 1.62 bits per heavy atom. The molecule has 4 atom stereocenters. The standard InChI is InChI=1S/C11H8BrNO3/c1-4-3-10(4)9(14)13-6-2-5-7(12)8(15-5)11(6,10)16-13/h2,4,6H,3H2,1H3/t4-,6-,10-,11-/m0/s1. The Bertz CT molecular complexity index is 553. The van der Waals surface area contributed by atoms with Gasteiger partial charge in [-0.1, -0.05) is 6.92 Å². The van der Waals surface area contributed by atoms with Crippen LogP contribution in [-0.2, 0) is 14.4 Å². The molecule has 0 N–H and O–H groups in total. The van der Waals surface area contributed by atoms with E-state index >= 15 is 0 Å². The lowest BCUT2D eigenvalue weighted by Gasteiger charge is -2.53. The van der Waals surface area contributed by atoms with Gasteiger partial charge in [0.25, 0.3) is 5.91 Å². The molecule has 82 valence electrons. The van der Waals surface area contributed by atoms with E-state index < -0.39 is 5.60 Å². The van der Waals surface area contributed by atoms with Crippen LogP contribution in [0.5, 0.6) is 0 Å². The van der Waals surface area contributed by atoms with Crippen LogP contribution in [0.2, 0.25) is 0 Å². The number of carbonyl (C=O) groups excluding carboxylic acids is 1. The molecule has 5 heteroatoms. The number of allylic oxidation sites excluding steroid dienone is 1. The zero-order chi connectivity index (χ0) is 10.9. The molecule has 1 saturated carbocycles. The van der Waals surface area contributed by atoms with Crippen LogP contribution in [0.15, 0.2) is 22.1 Å². The molecule has 4 fully saturated rings. The number of amides is 1. The van der Waals surface area contributed by atoms with Gasteiger partial charge in [0.05, 0.1) is 5.41 Å². The lowest BCUT2D eigenvalue weighted by atomic mass is 9.74. The van der Waals surface area contributed by atoms with Gasteiger partial charge in [0.1, 0.15) is 16.3 Å². The molecule has 0 unspecified atom stereocenters. The molecule has 5 heterocycles. The summed E-state index contributed by atoms with van der Waals surface area (Å²) in [6.07, 6.45) is 2.91. The SMILES string of the molecule is C[C@H]1C[C@@]12C(=O)N1O[C@@]23C2=C(Br)C(=C[C@H]13)O2. The molecule has 2 spiro atoms. The molecule has 7 rings (SSSR count). The molecule has 1 amide bonds. The molecular weight excluding hydrogens is 274 g/mol. The maximum Gasteiger partial charge on any atom is 0.256 e. The first kappa shape index (κ1) is 8.31. The van der Waals surface area contributed by atoms with Gasteiger partial charge in [-0.15, -0.1) is 0 Å². The van der Waals surface area contributed by atoms with E-state index in [4.69, 9.17) is 9.57 Å². The number of halogens is 1. The van der Waals surface area contributed by atoms with Gasteiger partial charge in [0.15, 0.2) is 11.4 Å². The Kier molecular flexibility index (Phi) is 0.978. The van der Waals surface area contributed by atoms with E-state index in [-0.39, 0.29) is 17.4 Å². The Hall–Kier alpha value is -0.810. The van der Waals surface area contributed by atoms with Crippen molar-refractivity contribution in [3.63, 3.8) is 0 Å². The summed E-state index contributed by atoms with van der Waals surface area (Å²) in [6, 6.07) is 0.0741. The van der Waals surface area contributed by atoms with Crippen LogP contribution in [-0.4, -0.2) is 22.6 Å². The third-order valence-electron chi connectivity index (χ3n) is 4.74. The van der Waals surface area contributed by atoms with E-state index in [9.17, 15) is 4.79 Å². The lowest BCUT2D eigenvalue weighted by molar-refractivity contribution is -0.328. The maximum atomic E-state index is 12.3. The monoisotopic (exact) mass is 281 g/mol. The molecule has 0 aromatic heterocycles. The fraction of sp³-hybridized carbons (Fsp3) is 0.545. The number of nitrogens with zero attached hydrogens (tertiary/aromatic N) is 1. The lowest BCUT2D eigenvalue weighted by Crippen LogP contribution is -2.66. The quantitative estimate of drug-likeness (QED) is 0.675. The van der Waals surface area contributed by atoms with Crippen molar-refractivity contribution >= 4 is 21.8 Å². The fourth-order valence-electron chi connectivity index (χ4n) is 3.81. The van der Waals surface area contributed by atoms with E-state index in [1.807, 2.05) is 6.08 Å². The summed E-state index contributed by atoms with van der Waals surface area (Å²) < 4.78 is 6.59. The Balaban J connectivity index is 1.82. The minimum atomic E-state index is -0.510. The topological polar surface area (TPSA) is 38.8 Å². The highest BCUT2D eigenvalue weighted by molar-refractivity contribution is 9.12. The Morgan fingerprint density at radius 2 is 2.38 bits per heavy atom. The van der Waals surface area contributed by atoms with Crippen LogP contribution in [0.4, 0.5) is 0 Å². The second-order valence-electron chi connectivity index (χ2n) is 5.26. The van der Waals surface area contributed by atoms with E-state index in [1.165, 1.54) is 5.06 Å². The molecule has 16 heavy (non-hydrogen) atoms. The zero-order valence-electron chi connectivity index (χ0n) is 8.49. The number of carbonyl (C=O) groups is 1. The van der Waals surface area contributed by atoms with E-state index in [0.717, 1.165) is 22.4 Å². The third kappa shape index (κ3) is 0.476. The summed E-state index contributed by atoms with van der Waals surface area (Å²) in [5.41, 5.74) is -0.849. The van der Waals surface area contributed by atoms with Gasteiger partial charge in [-0.25, -0.2) is 5.06 Å². The summed E-state index contributed by atoms with van der Waals surface area (Å²) >= 11 is 3.50. The maximum absolute atomic E-state index is 12.3. The van der Waals surface area contributed by atoms with Crippen molar-refractivity contribution < 1.29 is 14.4 Å². The van der Waals surface area contributed by atoms with Crippen LogP contribution in [0.25, 0.3) is 0 Å². The number of hydrogen-bond donors (Lipinski definition) is 0. The Morgan fingerprint density at radius 3 is 3.00 bits per heavy atom. The molecule has 4 bridgehead atoms. The molecule has 0 radical (unpaired) electrons. The molecule has 3 saturated heterocycles. The van der Waals surface area contributed by atoms with Gasteiger partial charge >= 0.3 is 0 Å². The average molecular weight is 282 g/mol. The van der Waals surface area contributed by atoms with E-state index in [2.05, 4.69) is 22.9 Å². The van der Waals surface area contributed by atoms with Crippen molar-refractivity contribution in [2.45, 2.75) is 25.0 Å². The van der Waals surface area contributed by atoms with Crippen LogP contribution in [0.3, 0.4) is 0 Å². The second kappa shape index (κ2) is 1.88. The third-order valence-corrected chi connectivity index (χ3v) is 5.49. The average Bonchev–Trinajstić information content (AvgIpc) is 2.79. The predicted octanol–water partition coefficient (Wildman–Crippen LogP) is 1.44. The first-order chi connectivity index (χ1) is 7.63. The van der Waals surface area contributed by atoms with Crippen molar-refractivity contribution in [1.82, 2.24) is 5.06 Å². The number of hydrogen-bond acceptors (Lipinski definition) is 3. The molecule has 0 aromatic rings. The van der Waals surface area contributed by atoms with Gasteiger partial charge in [-0.05, 0) is 34.3 Å². The molecule has 5 aliphatic heterocycles. The summed E-state index contributed by atoms with van der Waals surface area (Å²) in [5, 5.41) is 1.53. The van der Waals surface area contributed by atoms with Crippen LogP contribution in [0, 0.1) is 11.3 Å². The molecule has 2 aliphatic carbocycles. The van der Waals surface area contributed by atoms with Gasteiger partial charge in [0.2, 0.25) is 0 Å². The number of rotatable bonds is 0. The number of hydroxylamine groups is 2.